The Bertz CT molecular complexity index is 1460. The number of aliphatic carboxylic acids is 1. The number of hydrogen-bond acceptors (Lipinski definition) is 4. The van der Waals surface area contributed by atoms with Crippen molar-refractivity contribution in [2.45, 2.75) is 57.5 Å². The highest BCUT2D eigenvalue weighted by molar-refractivity contribution is 5.99. The van der Waals surface area contributed by atoms with Gasteiger partial charge in [-0.3, -0.25) is 5.10 Å². The van der Waals surface area contributed by atoms with Crippen LogP contribution in [0.2, 0.25) is 0 Å². The molecule has 2 N–H and O–H groups in total. The summed E-state index contributed by atoms with van der Waals surface area (Å²) in [5.41, 5.74) is 3.88. The number of carboxylic acid groups (broad SMARTS) is 1. The van der Waals surface area contributed by atoms with Crippen molar-refractivity contribution in [1.29, 1.82) is 0 Å². The fourth-order valence-corrected chi connectivity index (χ4v) is 5.58. The Balaban J connectivity index is 1.82. The zero-order valence-electron chi connectivity index (χ0n) is 21.3. The molecule has 190 valence electrons. The Labute approximate surface area is 209 Å². The van der Waals surface area contributed by atoms with Crippen molar-refractivity contribution in [2.75, 3.05) is 20.3 Å². The second-order valence-corrected chi connectivity index (χ2v) is 10.8. The molecule has 2 aromatic carbocycles. The van der Waals surface area contributed by atoms with E-state index in [2.05, 4.69) is 40.7 Å². The number of aromatic amines is 1. The summed E-state index contributed by atoms with van der Waals surface area (Å²) in [6, 6.07) is 9.38. The van der Waals surface area contributed by atoms with E-state index in [4.69, 9.17) is 9.47 Å². The molecular weight excluding hydrogens is 461 g/mol. The summed E-state index contributed by atoms with van der Waals surface area (Å²) < 4.78 is 28.1. The van der Waals surface area contributed by atoms with E-state index in [0.717, 1.165) is 38.8 Å². The van der Waals surface area contributed by atoms with Gasteiger partial charge in [-0.05, 0) is 68.1 Å². The highest BCUT2D eigenvalue weighted by Gasteiger charge is 2.42. The van der Waals surface area contributed by atoms with Gasteiger partial charge in [-0.2, -0.15) is 5.10 Å². The van der Waals surface area contributed by atoms with E-state index < -0.39 is 17.0 Å². The summed E-state index contributed by atoms with van der Waals surface area (Å²) in [5.74, 6) is -1.21. The van der Waals surface area contributed by atoms with Gasteiger partial charge in [0.1, 0.15) is 5.82 Å². The molecule has 5 rings (SSSR count). The molecule has 4 aromatic rings. The number of carbonyl (C=O) groups is 1. The molecule has 36 heavy (non-hydrogen) atoms. The van der Waals surface area contributed by atoms with E-state index in [1.165, 1.54) is 6.07 Å². The van der Waals surface area contributed by atoms with Crippen molar-refractivity contribution < 1.29 is 23.8 Å². The predicted octanol–water partition coefficient (Wildman–Crippen LogP) is 5.62. The third-order valence-electron chi connectivity index (χ3n) is 7.55. The average molecular weight is 494 g/mol. The van der Waals surface area contributed by atoms with Gasteiger partial charge in [-0.15, -0.1) is 0 Å². The monoisotopic (exact) mass is 493 g/mol. The molecule has 1 aliphatic heterocycles. The third-order valence-corrected chi connectivity index (χ3v) is 7.55. The lowest BCUT2D eigenvalue weighted by molar-refractivity contribution is -0.170. The topological polar surface area (TPSA) is 89.4 Å². The second kappa shape index (κ2) is 8.71. The fourth-order valence-electron chi connectivity index (χ4n) is 5.58. The van der Waals surface area contributed by atoms with Gasteiger partial charge in [0, 0.05) is 40.6 Å². The van der Waals surface area contributed by atoms with E-state index in [0.29, 0.717) is 31.6 Å². The first-order valence-electron chi connectivity index (χ1n) is 12.2. The van der Waals surface area contributed by atoms with Crippen LogP contribution < -0.4 is 0 Å². The van der Waals surface area contributed by atoms with Crippen molar-refractivity contribution in [1.82, 2.24) is 14.8 Å². The molecule has 1 aliphatic rings. The molecule has 0 amide bonds. The summed E-state index contributed by atoms with van der Waals surface area (Å²) in [6.07, 6.45) is 2.87. The number of H-pyrrole nitrogens is 1. The number of hydrogen-bond donors (Lipinski definition) is 2. The summed E-state index contributed by atoms with van der Waals surface area (Å²) in [6.45, 7) is 8.44. The summed E-state index contributed by atoms with van der Waals surface area (Å²) in [7, 11) is 1.69. The first kappa shape index (κ1) is 24.5. The lowest BCUT2D eigenvalue weighted by atomic mass is 9.79. The van der Waals surface area contributed by atoms with Gasteiger partial charge in [-0.25, -0.2) is 9.18 Å². The highest BCUT2D eigenvalue weighted by atomic mass is 19.1. The lowest BCUT2D eigenvalue weighted by Gasteiger charge is -2.36. The molecule has 8 heteroatoms. The molecule has 0 saturated carbocycles. The van der Waals surface area contributed by atoms with Gasteiger partial charge in [0.25, 0.3) is 0 Å². The summed E-state index contributed by atoms with van der Waals surface area (Å²) >= 11 is 0. The van der Waals surface area contributed by atoms with Crippen molar-refractivity contribution >= 4 is 27.8 Å². The maximum atomic E-state index is 14.3. The predicted molar refractivity (Wildman–Crippen MR) is 136 cm³/mol. The number of aromatic nitrogens is 3. The molecule has 3 heterocycles. The number of methoxy groups -OCH3 is 1. The van der Waals surface area contributed by atoms with Gasteiger partial charge in [0.05, 0.1) is 30.4 Å². The van der Waals surface area contributed by atoms with E-state index >= 15 is 0 Å². The summed E-state index contributed by atoms with van der Waals surface area (Å²) in [5, 5.41) is 19.0. The van der Waals surface area contributed by atoms with Gasteiger partial charge < -0.3 is 19.1 Å². The first-order valence-corrected chi connectivity index (χ1v) is 12.2. The average Bonchev–Trinajstić information content (AvgIpc) is 3.42. The Morgan fingerprint density at radius 3 is 2.78 bits per heavy atom. The SMILES string of the molecule is COCC(C)(C)c1c(C2CC[C@@](C)(C(=O)O)OC2)c2cc3[nH]ncc3cc2n1-c1ccc(F)c(C)c1. The molecule has 0 aliphatic carbocycles. The Kier molecular flexibility index (Phi) is 5.92. The largest absolute Gasteiger partial charge is 0.479 e. The number of ether oxygens (including phenoxy) is 2. The molecule has 0 radical (unpaired) electrons. The first-order chi connectivity index (χ1) is 17.1. The maximum absolute atomic E-state index is 14.3. The lowest BCUT2D eigenvalue weighted by Crippen LogP contribution is -2.43. The van der Waals surface area contributed by atoms with Gasteiger partial charge in [0.15, 0.2) is 5.60 Å². The molecule has 2 aromatic heterocycles. The number of nitrogens with one attached hydrogen (secondary N) is 1. The number of fused-ring (bicyclic) bond motifs is 2. The Morgan fingerprint density at radius 1 is 1.36 bits per heavy atom. The molecule has 7 nitrogen and oxygen atoms in total. The van der Waals surface area contributed by atoms with Crippen molar-refractivity contribution in [2.24, 2.45) is 0 Å². The van der Waals surface area contributed by atoms with Crippen LogP contribution in [0.5, 0.6) is 0 Å². The zero-order chi connectivity index (χ0) is 25.8. The number of carboxylic acids is 1. The molecule has 2 atom stereocenters. The van der Waals surface area contributed by atoms with E-state index in [-0.39, 0.29) is 11.7 Å². The van der Waals surface area contributed by atoms with E-state index in [1.807, 2.05) is 6.07 Å². The van der Waals surface area contributed by atoms with Crippen molar-refractivity contribution in [3.8, 4) is 5.69 Å². The van der Waals surface area contributed by atoms with Crippen LogP contribution in [0.15, 0.2) is 36.5 Å². The number of nitrogens with zero attached hydrogens (tertiary/aromatic N) is 2. The van der Waals surface area contributed by atoms with Crippen molar-refractivity contribution in [3.05, 3.63) is 59.2 Å². The Morgan fingerprint density at radius 2 is 2.14 bits per heavy atom. The number of rotatable bonds is 6. The third kappa shape index (κ3) is 3.89. The van der Waals surface area contributed by atoms with Gasteiger partial charge >= 0.3 is 5.97 Å². The number of aryl methyl sites for hydroxylation is 1. The van der Waals surface area contributed by atoms with Crippen LogP contribution in [-0.4, -0.2) is 51.8 Å². The molecular formula is C28H32FN3O4. The highest BCUT2D eigenvalue weighted by Crippen LogP contribution is 2.46. The van der Waals surface area contributed by atoms with Crippen LogP contribution in [0.25, 0.3) is 27.5 Å². The van der Waals surface area contributed by atoms with Crippen LogP contribution in [0.1, 0.15) is 56.4 Å². The van der Waals surface area contributed by atoms with Gasteiger partial charge in [0.2, 0.25) is 0 Å². The van der Waals surface area contributed by atoms with E-state index in [9.17, 15) is 14.3 Å². The van der Waals surface area contributed by atoms with Crippen LogP contribution >= 0.6 is 0 Å². The quantitative estimate of drug-likeness (QED) is 0.364. The van der Waals surface area contributed by atoms with Crippen LogP contribution in [-0.2, 0) is 19.7 Å². The van der Waals surface area contributed by atoms with E-state index in [1.54, 1.807) is 33.2 Å². The number of halogens is 1. The maximum Gasteiger partial charge on any atom is 0.335 e. The van der Waals surface area contributed by atoms with Gasteiger partial charge in [-0.1, -0.05) is 13.8 Å². The normalized spacial score (nSPS) is 20.9. The van der Waals surface area contributed by atoms with Crippen LogP contribution in [0.4, 0.5) is 4.39 Å². The summed E-state index contributed by atoms with van der Waals surface area (Å²) in [4.78, 5) is 11.8. The minimum atomic E-state index is -1.19. The standard InChI is InChI=1S/C28H32FN3O4/c1-16-10-19(6-7-21(16)29)32-23-11-18-13-30-31-22(18)12-20(23)24(25(32)27(2,3)15-35-5)17-8-9-28(4,26(33)34)36-14-17/h6-7,10-13,17H,8-9,14-15H2,1-5H3,(H,30,31)(H,33,34)/t17?,28-/m0/s1. The molecule has 1 unspecified atom stereocenters. The van der Waals surface area contributed by atoms with Crippen LogP contribution in [0.3, 0.4) is 0 Å². The minimum absolute atomic E-state index is 0.0192. The molecule has 0 bridgehead atoms. The molecule has 0 spiro atoms. The van der Waals surface area contributed by atoms with Crippen LogP contribution in [0, 0.1) is 12.7 Å². The smallest absolute Gasteiger partial charge is 0.335 e. The van der Waals surface area contributed by atoms with Crippen molar-refractivity contribution in [3.63, 3.8) is 0 Å². The minimum Gasteiger partial charge on any atom is -0.479 e. The zero-order valence-corrected chi connectivity index (χ0v) is 21.3. The second-order valence-electron chi connectivity index (χ2n) is 10.8. The Hall–Kier alpha value is -3.23. The molecule has 1 fully saturated rings. The fraction of sp³-hybridized carbons (Fsp3) is 0.429. The molecule has 1 saturated heterocycles. The number of benzene rings is 2.